The zero-order valence-electron chi connectivity index (χ0n) is 10.4. The molecule has 0 bridgehead atoms. The molecule has 0 amide bonds. The second-order valence-electron chi connectivity index (χ2n) is 3.99. The Bertz CT molecular complexity index is 493. The molecule has 0 aromatic heterocycles. The topological polar surface area (TPSA) is 67.2 Å². The number of ether oxygens (including phenoxy) is 1. The van der Waals surface area contributed by atoms with Crippen molar-refractivity contribution in [2.45, 2.75) is 12.7 Å². The predicted octanol–water partition coefficient (Wildman–Crippen LogP) is 1.62. The molecule has 0 N–H and O–H groups in total. The third-order valence-electron chi connectivity index (χ3n) is 2.42. The van der Waals surface area contributed by atoms with Crippen molar-refractivity contribution in [2.24, 2.45) is 5.92 Å². The van der Waals surface area contributed by atoms with Gasteiger partial charge in [-0.25, -0.2) is 0 Å². The number of benzene rings is 1. The Morgan fingerprint density at radius 2 is 2.28 bits per heavy atom. The summed E-state index contributed by atoms with van der Waals surface area (Å²) >= 11 is 0. The van der Waals surface area contributed by atoms with Gasteiger partial charge in [-0.1, -0.05) is 19.1 Å². The minimum absolute atomic E-state index is 0.267. The maximum absolute atomic E-state index is 11.9. The van der Waals surface area contributed by atoms with Gasteiger partial charge in [-0.15, -0.1) is 0 Å². The number of carbonyl (C=O) groups is 1. The lowest BCUT2D eigenvalue weighted by Gasteiger charge is -2.08. The van der Waals surface area contributed by atoms with Crippen LogP contribution in [0.3, 0.4) is 0 Å². The summed E-state index contributed by atoms with van der Waals surface area (Å²) in [5, 5.41) is 8.76. The van der Waals surface area contributed by atoms with E-state index in [1.54, 1.807) is 25.1 Å². The molecule has 1 aromatic rings. The third-order valence-corrected chi connectivity index (χ3v) is 3.95. The van der Waals surface area contributed by atoms with Crippen LogP contribution < -0.4 is 0 Å². The number of nitriles is 1. The average Bonchev–Trinajstić information content (AvgIpc) is 2.37. The lowest BCUT2D eigenvalue weighted by atomic mass is 10.2. The van der Waals surface area contributed by atoms with Crippen molar-refractivity contribution in [3.63, 3.8) is 0 Å². The second-order valence-corrected chi connectivity index (χ2v) is 5.49. The van der Waals surface area contributed by atoms with E-state index in [1.807, 2.05) is 12.1 Å². The lowest BCUT2D eigenvalue weighted by Crippen LogP contribution is -2.20. The molecule has 0 aliphatic rings. The van der Waals surface area contributed by atoms with E-state index in [2.05, 4.69) is 4.74 Å². The van der Waals surface area contributed by atoms with E-state index in [1.165, 1.54) is 7.11 Å². The van der Waals surface area contributed by atoms with Crippen molar-refractivity contribution in [3.05, 3.63) is 35.4 Å². The summed E-state index contributed by atoms with van der Waals surface area (Å²) in [5.41, 5.74) is 1.38. The molecule has 0 aliphatic heterocycles. The van der Waals surface area contributed by atoms with Crippen LogP contribution in [0, 0.1) is 17.2 Å². The Labute approximate surface area is 109 Å². The van der Waals surface area contributed by atoms with E-state index in [-0.39, 0.29) is 17.6 Å². The molecule has 0 aliphatic carbocycles. The van der Waals surface area contributed by atoms with Crippen molar-refractivity contribution in [2.75, 3.05) is 12.9 Å². The number of hydrogen-bond acceptors (Lipinski definition) is 4. The average molecular weight is 265 g/mol. The quantitative estimate of drug-likeness (QED) is 0.759. The van der Waals surface area contributed by atoms with Crippen molar-refractivity contribution in [3.8, 4) is 6.07 Å². The van der Waals surface area contributed by atoms with E-state index < -0.39 is 10.8 Å². The predicted molar refractivity (Wildman–Crippen MR) is 69.1 cm³/mol. The summed E-state index contributed by atoms with van der Waals surface area (Å²) in [6, 6.07) is 9.02. The maximum Gasteiger partial charge on any atom is 0.309 e. The van der Waals surface area contributed by atoms with Gasteiger partial charge in [0.25, 0.3) is 0 Å². The first-order valence-electron chi connectivity index (χ1n) is 5.48. The fourth-order valence-electron chi connectivity index (χ4n) is 1.52. The van der Waals surface area contributed by atoms with Crippen LogP contribution in [0.1, 0.15) is 18.1 Å². The molecule has 1 aromatic carbocycles. The molecule has 2 atom stereocenters. The highest BCUT2D eigenvalue weighted by Crippen LogP contribution is 2.09. The number of rotatable bonds is 5. The molecule has 0 fully saturated rings. The molecule has 4 nitrogen and oxygen atoms in total. The molecule has 2 unspecified atom stereocenters. The molecule has 1 rings (SSSR count). The van der Waals surface area contributed by atoms with Crippen molar-refractivity contribution >= 4 is 16.8 Å². The lowest BCUT2D eigenvalue weighted by molar-refractivity contribution is -0.144. The van der Waals surface area contributed by atoms with Crippen LogP contribution in [0.15, 0.2) is 24.3 Å². The number of methoxy groups -OCH3 is 1. The fourth-order valence-corrected chi connectivity index (χ4v) is 2.89. The standard InChI is InChI=1S/C13H15NO3S/c1-10(13(15)17-2)8-18(16)9-12-5-3-4-11(6-12)7-14/h3-6,10H,8-9H2,1-2H3. The van der Waals surface area contributed by atoms with Crippen LogP contribution in [-0.4, -0.2) is 23.0 Å². The zero-order chi connectivity index (χ0) is 13.5. The summed E-state index contributed by atoms with van der Waals surface area (Å²) < 4.78 is 16.4. The number of carbonyl (C=O) groups excluding carboxylic acids is 1. The summed E-state index contributed by atoms with van der Waals surface area (Å²) in [6.45, 7) is 1.69. The highest BCUT2D eigenvalue weighted by atomic mass is 32.2. The first-order chi connectivity index (χ1) is 8.56. The maximum atomic E-state index is 11.9. The van der Waals surface area contributed by atoms with Gasteiger partial charge in [-0.2, -0.15) is 5.26 Å². The molecule has 0 spiro atoms. The van der Waals surface area contributed by atoms with Gasteiger partial charge in [0.05, 0.1) is 24.7 Å². The van der Waals surface area contributed by atoms with Gasteiger partial charge in [0.1, 0.15) is 0 Å². The Morgan fingerprint density at radius 1 is 1.56 bits per heavy atom. The first kappa shape index (κ1) is 14.4. The highest BCUT2D eigenvalue weighted by molar-refractivity contribution is 7.84. The van der Waals surface area contributed by atoms with E-state index in [0.29, 0.717) is 11.3 Å². The van der Waals surface area contributed by atoms with Crippen LogP contribution in [0.5, 0.6) is 0 Å². The highest BCUT2D eigenvalue weighted by Gasteiger charge is 2.16. The normalized spacial score (nSPS) is 13.4. The second kappa shape index (κ2) is 6.92. The van der Waals surface area contributed by atoms with Crippen LogP contribution >= 0.6 is 0 Å². The van der Waals surface area contributed by atoms with Crippen LogP contribution in [0.4, 0.5) is 0 Å². The van der Waals surface area contributed by atoms with Gasteiger partial charge in [-0.05, 0) is 17.7 Å². The Balaban J connectivity index is 2.60. The molecule has 0 radical (unpaired) electrons. The van der Waals surface area contributed by atoms with Gasteiger partial charge in [0.2, 0.25) is 0 Å². The Hall–Kier alpha value is -1.67. The number of nitrogens with zero attached hydrogens (tertiary/aromatic N) is 1. The largest absolute Gasteiger partial charge is 0.469 e. The van der Waals surface area contributed by atoms with E-state index in [9.17, 15) is 9.00 Å². The third kappa shape index (κ3) is 4.30. The van der Waals surface area contributed by atoms with Crippen LogP contribution in [-0.2, 0) is 26.1 Å². The van der Waals surface area contributed by atoms with Gasteiger partial charge in [0, 0.05) is 22.3 Å². The SMILES string of the molecule is COC(=O)C(C)CS(=O)Cc1cccc(C#N)c1. The molecule has 18 heavy (non-hydrogen) atoms. The van der Waals surface area contributed by atoms with E-state index >= 15 is 0 Å². The van der Waals surface area contributed by atoms with Crippen LogP contribution in [0.2, 0.25) is 0 Å². The van der Waals surface area contributed by atoms with E-state index in [0.717, 1.165) is 5.56 Å². The minimum atomic E-state index is -1.14. The smallest absolute Gasteiger partial charge is 0.309 e. The van der Waals surface area contributed by atoms with Crippen molar-refractivity contribution in [1.29, 1.82) is 5.26 Å². The minimum Gasteiger partial charge on any atom is -0.469 e. The number of esters is 1. The Kier molecular flexibility index (Phi) is 5.53. The van der Waals surface area contributed by atoms with Gasteiger partial charge >= 0.3 is 5.97 Å². The molecule has 5 heteroatoms. The Morgan fingerprint density at radius 3 is 2.89 bits per heavy atom. The first-order valence-corrected chi connectivity index (χ1v) is 6.97. The fraction of sp³-hybridized carbons (Fsp3) is 0.385. The monoisotopic (exact) mass is 265 g/mol. The van der Waals surface area contributed by atoms with Crippen molar-refractivity contribution < 1.29 is 13.7 Å². The summed E-state index contributed by atoms with van der Waals surface area (Å²) in [6.07, 6.45) is 0. The van der Waals surface area contributed by atoms with E-state index in [4.69, 9.17) is 5.26 Å². The van der Waals surface area contributed by atoms with Crippen LogP contribution in [0.25, 0.3) is 0 Å². The molecular formula is C13H15NO3S. The zero-order valence-corrected chi connectivity index (χ0v) is 11.2. The number of hydrogen-bond donors (Lipinski definition) is 0. The molecule has 0 saturated heterocycles. The molecule has 96 valence electrons. The van der Waals surface area contributed by atoms with Gasteiger partial charge < -0.3 is 4.74 Å². The summed E-state index contributed by atoms with van der Waals surface area (Å²) in [5.74, 6) is -0.121. The van der Waals surface area contributed by atoms with Gasteiger partial charge in [0.15, 0.2) is 0 Å². The van der Waals surface area contributed by atoms with Crippen molar-refractivity contribution in [1.82, 2.24) is 0 Å². The molecule has 0 heterocycles. The molecular weight excluding hydrogens is 250 g/mol. The summed E-state index contributed by atoms with van der Waals surface area (Å²) in [4.78, 5) is 11.2. The summed E-state index contributed by atoms with van der Waals surface area (Å²) in [7, 11) is 0.174. The molecule has 0 saturated carbocycles. The van der Waals surface area contributed by atoms with Gasteiger partial charge in [-0.3, -0.25) is 9.00 Å².